The molecule has 0 aliphatic carbocycles. The summed E-state index contributed by atoms with van der Waals surface area (Å²) < 4.78 is 10.5. The molecule has 0 radical (unpaired) electrons. The number of hydrogen-bond acceptors (Lipinski definition) is 8. The van der Waals surface area contributed by atoms with Crippen LogP contribution in [0.25, 0.3) is 11.3 Å². The molecule has 0 saturated carbocycles. The SMILES string of the molecule is CCC(=O)Nc1ccc(C)cc1-c1nnc(SCC(=O)Nc2ccc3c(c2)OCO3)[nH]c1=O. The quantitative estimate of drug-likeness (QED) is 0.452. The summed E-state index contributed by atoms with van der Waals surface area (Å²) in [5, 5.41) is 13.8. The van der Waals surface area contributed by atoms with Crippen molar-refractivity contribution in [3.63, 3.8) is 0 Å². The summed E-state index contributed by atoms with van der Waals surface area (Å²) in [4.78, 5) is 39.5. The second kappa shape index (κ2) is 9.74. The van der Waals surface area contributed by atoms with Gasteiger partial charge in [0, 0.05) is 23.7 Å². The predicted octanol–water partition coefficient (Wildman–Crippen LogP) is 2.95. The van der Waals surface area contributed by atoms with Gasteiger partial charge in [0.15, 0.2) is 22.3 Å². The minimum atomic E-state index is -0.471. The fourth-order valence-corrected chi connectivity index (χ4v) is 3.67. The van der Waals surface area contributed by atoms with Crippen molar-refractivity contribution >= 4 is 35.0 Å². The third-order valence-corrected chi connectivity index (χ3v) is 5.56. The Hall–Kier alpha value is -3.86. The number of hydrogen-bond donors (Lipinski definition) is 3. The number of aryl methyl sites for hydroxylation is 1. The molecule has 0 saturated heterocycles. The number of aromatic nitrogens is 3. The normalized spacial score (nSPS) is 11.8. The van der Waals surface area contributed by atoms with Crippen LogP contribution in [0.4, 0.5) is 11.4 Å². The van der Waals surface area contributed by atoms with Crippen molar-refractivity contribution < 1.29 is 19.1 Å². The minimum absolute atomic E-state index is 0.0145. The summed E-state index contributed by atoms with van der Waals surface area (Å²) in [5.41, 5.74) is 2.04. The maximum atomic E-state index is 12.7. The third kappa shape index (κ3) is 5.32. The van der Waals surface area contributed by atoms with E-state index in [2.05, 4.69) is 25.8 Å². The summed E-state index contributed by atoms with van der Waals surface area (Å²) in [6.07, 6.45) is 0.305. The van der Waals surface area contributed by atoms with Gasteiger partial charge in [0.25, 0.3) is 5.56 Å². The number of carbonyl (C=O) groups excluding carboxylic acids is 2. The van der Waals surface area contributed by atoms with E-state index in [1.165, 1.54) is 0 Å². The van der Waals surface area contributed by atoms with Gasteiger partial charge in [-0.3, -0.25) is 19.4 Å². The fourth-order valence-electron chi connectivity index (χ4n) is 3.07. The number of anilines is 2. The van der Waals surface area contributed by atoms with Crippen molar-refractivity contribution in [1.29, 1.82) is 0 Å². The van der Waals surface area contributed by atoms with Crippen molar-refractivity contribution in [3.05, 3.63) is 52.3 Å². The highest BCUT2D eigenvalue weighted by atomic mass is 32.2. The molecule has 1 aromatic heterocycles. The van der Waals surface area contributed by atoms with Gasteiger partial charge in [-0.2, -0.15) is 0 Å². The van der Waals surface area contributed by atoms with Crippen LogP contribution in [0.2, 0.25) is 0 Å². The van der Waals surface area contributed by atoms with Crippen LogP contribution >= 0.6 is 11.8 Å². The first-order valence-corrected chi connectivity index (χ1v) is 11.1. The number of ether oxygens (including phenoxy) is 2. The van der Waals surface area contributed by atoms with E-state index in [4.69, 9.17) is 9.47 Å². The number of H-pyrrole nitrogens is 1. The molecule has 1 aliphatic rings. The Morgan fingerprint density at radius 1 is 1.06 bits per heavy atom. The van der Waals surface area contributed by atoms with Crippen LogP contribution in [0.3, 0.4) is 0 Å². The van der Waals surface area contributed by atoms with E-state index >= 15 is 0 Å². The number of aromatic amines is 1. The van der Waals surface area contributed by atoms with Crippen LogP contribution in [0.5, 0.6) is 11.5 Å². The van der Waals surface area contributed by atoms with Crippen LogP contribution in [-0.4, -0.2) is 39.5 Å². The molecule has 2 aromatic carbocycles. The lowest BCUT2D eigenvalue weighted by atomic mass is 10.1. The van der Waals surface area contributed by atoms with Crippen molar-refractivity contribution in [2.24, 2.45) is 0 Å². The van der Waals surface area contributed by atoms with E-state index in [-0.39, 0.29) is 35.2 Å². The molecule has 3 aromatic rings. The number of nitrogens with one attached hydrogen (secondary N) is 3. The highest BCUT2D eigenvalue weighted by molar-refractivity contribution is 7.99. The molecule has 2 amide bonds. The average Bonchev–Trinajstić information content (AvgIpc) is 3.27. The van der Waals surface area contributed by atoms with Crippen molar-refractivity contribution in [2.75, 3.05) is 23.2 Å². The van der Waals surface area contributed by atoms with Gasteiger partial charge in [-0.05, 0) is 31.2 Å². The Morgan fingerprint density at radius 2 is 1.88 bits per heavy atom. The molecule has 33 heavy (non-hydrogen) atoms. The molecule has 2 heterocycles. The van der Waals surface area contributed by atoms with Gasteiger partial charge in [-0.15, -0.1) is 10.2 Å². The molecule has 11 heteroatoms. The van der Waals surface area contributed by atoms with E-state index in [1.54, 1.807) is 37.3 Å². The molecular weight excluding hydrogens is 446 g/mol. The topological polar surface area (TPSA) is 135 Å². The van der Waals surface area contributed by atoms with E-state index in [0.717, 1.165) is 17.3 Å². The lowest BCUT2D eigenvalue weighted by Crippen LogP contribution is -2.18. The Balaban J connectivity index is 1.44. The number of rotatable bonds is 7. The number of thioether (sulfide) groups is 1. The first kappa shape index (κ1) is 22.3. The molecule has 4 rings (SSSR count). The van der Waals surface area contributed by atoms with Crippen LogP contribution in [0, 0.1) is 6.92 Å². The molecule has 1 aliphatic heterocycles. The average molecular weight is 468 g/mol. The van der Waals surface area contributed by atoms with Crippen LogP contribution in [-0.2, 0) is 9.59 Å². The number of fused-ring (bicyclic) bond motifs is 1. The zero-order valence-electron chi connectivity index (χ0n) is 17.9. The summed E-state index contributed by atoms with van der Waals surface area (Å²) in [6.45, 7) is 3.77. The van der Waals surface area contributed by atoms with Crippen LogP contribution < -0.4 is 25.7 Å². The third-order valence-electron chi connectivity index (χ3n) is 4.70. The zero-order chi connectivity index (χ0) is 23.4. The highest BCUT2D eigenvalue weighted by Crippen LogP contribution is 2.34. The molecule has 0 unspecified atom stereocenters. The van der Waals surface area contributed by atoms with Crippen LogP contribution in [0.1, 0.15) is 18.9 Å². The molecule has 3 N–H and O–H groups in total. The Bertz CT molecular complexity index is 1280. The lowest BCUT2D eigenvalue weighted by Gasteiger charge is -2.11. The molecule has 0 bridgehead atoms. The van der Waals surface area contributed by atoms with Gasteiger partial charge < -0.3 is 20.1 Å². The highest BCUT2D eigenvalue weighted by Gasteiger charge is 2.16. The van der Waals surface area contributed by atoms with E-state index in [0.29, 0.717) is 34.9 Å². The zero-order valence-corrected chi connectivity index (χ0v) is 18.7. The summed E-state index contributed by atoms with van der Waals surface area (Å²) in [7, 11) is 0. The Kier molecular flexibility index (Phi) is 6.59. The number of nitrogens with zero attached hydrogens (tertiary/aromatic N) is 2. The van der Waals surface area contributed by atoms with Gasteiger partial charge in [0.1, 0.15) is 0 Å². The Labute approximate surface area is 193 Å². The molecule has 0 atom stereocenters. The van der Waals surface area contributed by atoms with Gasteiger partial charge in [-0.25, -0.2) is 0 Å². The second-order valence-corrected chi connectivity index (χ2v) is 8.13. The maximum Gasteiger partial charge on any atom is 0.278 e. The fraction of sp³-hybridized carbons (Fsp3) is 0.227. The van der Waals surface area contributed by atoms with E-state index in [1.807, 2.05) is 13.0 Å². The Morgan fingerprint density at radius 3 is 2.67 bits per heavy atom. The number of amides is 2. The van der Waals surface area contributed by atoms with Gasteiger partial charge in [0.05, 0.1) is 11.4 Å². The summed E-state index contributed by atoms with van der Waals surface area (Å²) in [5.74, 6) is 0.748. The van der Waals surface area contributed by atoms with Crippen molar-refractivity contribution in [3.8, 4) is 22.8 Å². The predicted molar refractivity (Wildman–Crippen MR) is 124 cm³/mol. The minimum Gasteiger partial charge on any atom is -0.454 e. The smallest absolute Gasteiger partial charge is 0.278 e. The van der Waals surface area contributed by atoms with E-state index in [9.17, 15) is 14.4 Å². The standard InChI is InChI=1S/C22H21N5O5S/c1-3-18(28)24-15-6-4-12(2)8-14(15)20-21(30)25-22(27-26-20)33-10-19(29)23-13-5-7-16-17(9-13)32-11-31-16/h4-9H,3,10-11H2,1-2H3,(H,23,29)(H,24,28)(H,25,27,30). The molecule has 0 fully saturated rings. The molecule has 0 spiro atoms. The first-order valence-electron chi connectivity index (χ1n) is 10.1. The molecule has 170 valence electrons. The summed E-state index contributed by atoms with van der Waals surface area (Å²) in [6, 6.07) is 10.4. The van der Waals surface area contributed by atoms with Crippen molar-refractivity contribution in [1.82, 2.24) is 15.2 Å². The van der Waals surface area contributed by atoms with Gasteiger partial charge >= 0.3 is 0 Å². The van der Waals surface area contributed by atoms with Crippen LogP contribution in [0.15, 0.2) is 46.3 Å². The second-order valence-electron chi connectivity index (χ2n) is 7.16. The van der Waals surface area contributed by atoms with E-state index < -0.39 is 5.56 Å². The van der Waals surface area contributed by atoms with Crippen molar-refractivity contribution in [2.45, 2.75) is 25.4 Å². The van der Waals surface area contributed by atoms with Gasteiger partial charge in [-0.1, -0.05) is 30.3 Å². The van der Waals surface area contributed by atoms with Gasteiger partial charge in [0.2, 0.25) is 18.6 Å². The number of carbonyl (C=O) groups is 2. The maximum absolute atomic E-state index is 12.7. The molecule has 10 nitrogen and oxygen atoms in total. The largest absolute Gasteiger partial charge is 0.454 e. The lowest BCUT2D eigenvalue weighted by molar-refractivity contribution is -0.116. The summed E-state index contributed by atoms with van der Waals surface area (Å²) >= 11 is 1.05. The molecular formula is C22H21N5O5S. The number of benzene rings is 2. The first-order chi connectivity index (χ1) is 15.9. The monoisotopic (exact) mass is 467 g/mol.